The van der Waals surface area contributed by atoms with Gasteiger partial charge in [0.05, 0.1) is 10.5 Å². The summed E-state index contributed by atoms with van der Waals surface area (Å²) in [5.74, 6) is 0. The molecule has 0 saturated heterocycles. The molecule has 0 aliphatic rings. The van der Waals surface area contributed by atoms with Gasteiger partial charge in [-0.25, -0.2) is 13.6 Å². The van der Waals surface area contributed by atoms with E-state index in [1.54, 1.807) is 0 Å². The van der Waals surface area contributed by atoms with E-state index in [2.05, 4.69) is 5.14 Å². The van der Waals surface area contributed by atoms with Gasteiger partial charge < -0.3 is 0 Å². The molecule has 0 spiro atoms. The number of alkyl halides is 3. The summed E-state index contributed by atoms with van der Waals surface area (Å²) in [5.41, 5.74) is -1.72. The second-order valence-corrected chi connectivity index (χ2v) is 4.45. The Balaban J connectivity index is 3.58. The number of hydrogen-bond acceptors (Lipinski definition) is 3. The van der Waals surface area contributed by atoms with E-state index in [0.29, 0.717) is 12.1 Å². The highest BCUT2D eigenvalue weighted by Crippen LogP contribution is 2.34. The van der Waals surface area contributed by atoms with Crippen molar-refractivity contribution in [1.82, 2.24) is 0 Å². The van der Waals surface area contributed by atoms with Gasteiger partial charge in [0.1, 0.15) is 6.29 Å². The highest BCUT2D eigenvalue weighted by Gasteiger charge is 2.36. The molecule has 0 amide bonds. The third kappa shape index (κ3) is 2.58. The van der Waals surface area contributed by atoms with Crippen LogP contribution in [0.5, 0.6) is 0 Å². The molecule has 0 atom stereocenters. The fourth-order valence-corrected chi connectivity index (χ4v) is 1.83. The van der Waals surface area contributed by atoms with Gasteiger partial charge in [0.15, 0.2) is 0 Å². The van der Waals surface area contributed by atoms with Crippen LogP contribution in [0.3, 0.4) is 0 Å². The zero-order valence-electron chi connectivity index (χ0n) is 7.65. The smallest absolute Gasteiger partial charge is 0.298 e. The number of benzene rings is 1. The summed E-state index contributed by atoms with van der Waals surface area (Å²) in [7, 11) is -4.48. The van der Waals surface area contributed by atoms with Gasteiger partial charge in [0, 0.05) is 5.56 Å². The summed E-state index contributed by atoms with van der Waals surface area (Å²) < 4.78 is 59.2. The molecule has 0 fully saturated rings. The normalized spacial score (nSPS) is 12.5. The number of rotatable bonds is 2. The topological polar surface area (TPSA) is 77.2 Å². The Labute approximate surface area is 88.9 Å². The van der Waals surface area contributed by atoms with Crippen LogP contribution in [0, 0.1) is 0 Å². The average Bonchev–Trinajstić information content (AvgIpc) is 2.14. The predicted molar refractivity (Wildman–Crippen MR) is 48.2 cm³/mol. The van der Waals surface area contributed by atoms with Gasteiger partial charge in [-0.15, -0.1) is 0 Å². The van der Waals surface area contributed by atoms with Crippen LogP contribution < -0.4 is 5.14 Å². The largest absolute Gasteiger partial charge is 0.417 e. The Morgan fingerprint density at radius 2 is 1.81 bits per heavy atom. The van der Waals surface area contributed by atoms with Crippen molar-refractivity contribution in [3.05, 3.63) is 29.3 Å². The number of halogens is 3. The van der Waals surface area contributed by atoms with E-state index in [9.17, 15) is 26.4 Å². The molecule has 0 heterocycles. The lowest BCUT2D eigenvalue weighted by Crippen LogP contribution is -2.19. The van der Waals surface area contributed by atoms with Crippen molar-refractivity contribution in [2.24, 2.45) is 5.14 Å². The maximum Gasteiger partial charge on any atom is 0.417 e. The predicted octanol–water partition coefficient (Wildman–Crippen LogP) is 1.17. The minimum atomic E-state index is -4.89. The number of sulfonamides is 1. The van der Waals surface area contributed by atoms with Gasteiger partial charge in [0.2, 0.25) is 10.0 Å². The number of carbonyl (C=O) groups is 1. The van der Waals surface area contributed by atoms with Crippen LogP contribution in [0.15, 0.2) is 23.1 Å². The van der Waals surface area contributed by atoms with E-state index >= 15 is 0 Å². The number of aldehydes is 1. The molecule has 0 bridgehead atoms. The Hall–Kier alpha value is -1.41. The lowest BCUT2D eigenvalue weighted by Gasteiger charge is -2.11. The molecule has 0 saturated carbocycles. The first-order valence-corrected chi connectivity index (χ1v) is 5.40. The fourth-order valence-electron chi connectivity index (χ4n) is 1.09. The Morgan fingerprint density at radius 3 is 2.19 bits per heavy atom. The van der Waals surface area contributed by atoms with Crippen molar-refractivity contribution >= 4 is 16.3 Å². The molecule has 0 unspecified atom stereocenters. The van der Waals surface area contributed by atoms with Gasteiger partial charge >= 0.3 is 6.18 Å². The van der Waals surface area contributed by atoms with E-state index in [-0.39, 0.29) is 11.8 Å². The Bertz CT molecular complexity index is 522. The van der Waals surface area contributed by atoms with Crippen LogP contribution in [-0.4, -0.2) is 14.7 Å². The zero-order chi connectivity index (χ0) is 12.6. The minimum absolute atomic E-state index is 0.183. The lowest BCUT2D eigenvalue weighted by atomic mass is 10.1. The van der Waals surface area contributed by atoms with E-state index in [4.69, 9.17) is 0 Å². The molecular weight excluding hydrogens is 247 g/mol. The highest BCUT2D eigenvalue weighted by atomic mass is 32.2. The van der Waals surface area contributed by atoms with E-state index < -0.39 is 26.7 Å². The van der Waals surface area contributed by atoms with Crippen molar-refractivity contribution in [3.63, 3.8) is 0 Å². The number of hydrogen-bond donors (Lipinski definition) is 1. The van der Waals surface area contributed by atoms with Gasteiger partial charge in [-0.05, 0) is 12.1 Å². The van der Waals surface area contributed by atoms with Crippen molar-refractivity contribution in [2.45, 2.75) is 11.1 Å². The summed E-state index contributed by atoms with van der Waals surface area (Å²) in [6.07, 6.45) is -4.71. The fraction of sp³-hybridized carbons (Fsp3) is 0.125. The second kappa shape index (κ2) is 3.87. The minimum Gasteiger partial charge on any atom is -0.298 e. The summed E-state index contributed by atoms with van der Waals surface area (Å²) in [4.78, 5) is 9.25. The van der Waals surface area contributed by atoms with E-state index in [1.807, 2.05) is 0 Å². The first kappa shape index (κ1) is 12.7. The molecule has 0 aliphatic heterocycles. The third-order valence-corrected chi connectivity index (χ3v) is 2.72. The molecule has 2 N–H and O–H groups in total. The standard InChI is InChI=1S/C8H6F3NO3S/c9-8(10,11)6-3-5(4-13)1-2-7(6)16(12,14)15/h1-4H,(H2,12,14,15). The van der Waals surface area contributed by atoms with Crippen LogP contribution in [-0.2, 0) is 16.2 Å². The monoisotopic (exact) mass is 253 g/mol. The van der Waals surface area contributed by atoms with Crippen LogP contribution in [0.25, 0.3) is 0 Å². The molecule has 1 rings (SSSR count). The number of nitrogens with two attached hydrogens (primary N) is 1. The zero-order valence-corrected chi connectivity index (χ0v) is 8.47. The Kier molecular flexibility index (Phi) is 3.06. The van der Waals surface area contributed by atoms with Gasteiger partial charge in [0.25, 0.3) is 0 Å². The first-order chi connectivity index (χ1) is 7.16. The number of primary sulfonamides is 1. The molecule has 0 radical (unpaired) electrons. The first-order valence-electron chi connectivity index (χ1n) is 3.85. The molecular formula is C8H6F3NO3S. The van der Waals surface area contributed by atoms with Crippen molar-refractivity contribution in [1.29, 1.82) is 0 Å². The maximum absolute atomic E-state index is 12.5. The second-order valence-electron chi connectivity index (χ2n) is 2.92. The highest BCUT2D eigenvalue weighted by molar-refractivity contribution is 7.89. The molecule has 0 aliphatic carbocycles. The lowest BCUT2D eigenvalue weighted by molar-refractivity contribution is -0.139. The molecule has 8 heteroatoms. The maximum atomic E-state index is 12.5. The SMILES string of the molecule is NS(=O)(=O)c1ccc(C=O)cc1C(F)(F)F. The van der Waals surface area contributed by atoms with E-state index in [1.165, 1.54) is 0 Å². The van der Waals surface area contributed by atoms with Crippen LogP contribution in [0.4, 0.5) is 13.2 Å². The Morgan fingerprint density at radius 1 is 1.25 bits per heavy atom. The van der Waals surface area contributed by atoms with Gasteiger partial charge in [-0.1, -0.05) is 6.07 Å². The summed E-state index contributed by atoms with van der Waals surface area (Å²) in [6, 6.07) is 2.04. The van der Waals surface area contributed by atoms with Crippen molar-refractivity contribution < 1.29 is 26.4 Å². The van der Waals surface area contributed by atoms with Crippen molar-refractivity contribution in [2.75, 3.05) is 0 Å². The molecule has 0 aromatic heterocycles. The quantitative estimate of drug-likeness (QED) is 0.803. The van der Waals surface area contributed by atoms with Crippen LogP contribution in [0.1, 0.15) is 15.9 Å². The third-order valence-electron chi connectivity index (χ3n) is 1.75. The molecule has 16 heavy (non-hydrogen) atoms. The summed E-state index contributed by atoms with van der Waals surface area (Å²) in [6.45, 7) is 0. The average molecular weight is 253 g/mol. The van der Waals surface area contributed by atoms with Crippen LogP contribution >= 0.6 is 0 Å². The molecule has 88 valence electrons. The number of carbonyl (C=O) groups excluding carboxylic acids is 1. The summed E-state index contributed by atoms with van der Waals surface area (Å²) >= 11 is 0. The van der Waals surface area contributed by atoms with Gasteiger partial charge in [-0.3, -0.25) is 4.79 Å². The molecule has 4 nitrogen and oxygen atoms in total. The van der Waals surface area contributed by atoms with E-state index in [0.717, 1.165) is 6.07 Å². The molecule has 1 aromatic carbocycles. The summed E-state index contributed by atoms with van der Waals surface area (Å²) in [5, 5.41) is 4.63. The van der Waals surface area contributed by atoms with Gasteiger partial charge in [-0.2, -0.15) is 13.2 Å². The van der Waals surface area contributed by atoms with Crippen molar-refractivity contribution in [3.8, 4) is 0 Å². The van der Waals surface area contributed by atoms with Crippen LogP contribution in [0.2, 0.25) is 0 Å². The molecule has 1 aromatic rings.